The molecule has 2 N–H and O–H groups in total. The molecule has 4 rings (SSSR count). The first-order valence-corrected chi connectivity index (χ1v) is 11.1. The van der Waals surface area contributed by atoms with E-state index in [0.717, 1.165) is 22.3 Å². The SMILES string of the molecule is Cc1cc(C2CCCC2)c(O)c(C(C)c2cc(C)cc(C3CCCC3)c2O)c1. The van der Waals surface area contributed by atoms with E-state index in [9.17, 15) is 10.2 Å². The Morgan fingerprint density at radius 3 is 1.39 bits per heavy atom. The Hall–Kier alpha value is -1.96. The molecule has 0 aliphatic heterocycles. The minimum absolute atomic E-state index is 0.0277. The Morgan fingerprint density at radius 1 is 0.679 bits per heavy atom. The van der Waals surface area contributed by atoms with Crippen LogP contribution in [0.5, 0.6) is 11.5 Å². The molecule has 2 fully saturated rings. The smallest absolute Gasteiger partial charge is 0.122 e. The number of hydrogen-bond acceptors (Lipinski definition) is 2. The zero-order valence-electron chi connectivity index (χ0n) is 17.6. The van der Waals surface area contributed by atoms with Gasteiger partial charge in [-0.1, -0.05) is 68.0 Å². The summed E-state index contributed by atoms with van der Waals surface area (Å²) in [7, 11) is 0. The largest absolute Gasteiger partial charge is 0.507 e. The van der Waals surface area contributed by atoms with Crippen molar-refractivity contribution in [2.75, 3.05) is 0 Å². The van der Waals surface area contributed by atoms with Gasteiger partial charge in [0, 0.05) is 17.0 Å². The average molecular weight is 379 g/mol. The fourth-order valence-electron chi connectivity index (χ4n) is 5.59. The molecule has 0 unspecified atom stereocenters. The van der Waals surface area contributed by atoms with Gasteiger partial charge in [0.1, 0.15) is 11.5 Å². The summed E-state index contributed by atoms with van der Waals surface area (Å²) in [5.41, 5.74) is 6.54. The van der Waals surface area contributed by atoms with Gasteiger partial charge in [0.25, 0.3) is 0 Å². The van der Waals surface area contributed by atoms with Crippen LogP contribution >= 0.6 is 0 Å². The number of hydrogen-bond donors (Lipinski definition) is 2. The Kier molecular flexibility index (Phi) is 5.40. The number of aromatic hydroxyl groups is 2. The third-order valence-corrected chi connectivity index (χ3v) is 7.15. The Morgan fingerprint density at radius 2 is 1.04 bits per heavy atom. The van der Waals surface area contributed by atoms with Crippen LogP contribution in [-0.4, -0.2) is 10.2 Å². The van der Waals surface area contributed by atoms with Crippen LogP contribution in [0.1, 0.15) is 109 Å². The van der Waals surface area contributed by atoms with E-state index in [2.05, 4.69) is 45.0 Å². The number of phenols is 2. The highest BCUT2D eigenvalue weighted by molar-refractivity contribution is 5.55. The van der Waals surface area contributed by atoms with Crippen LogP contribution in [0.2, 0.25) is 0 Å². The maximum Gasteiger partial charge on any atom is 0.122 e. The standard InChI is InChI=1S/C26H34O2/c1-16-12-21(25(27)23(14-16)19-8-4-5-9-19)18(3)22-13-17(2)15-24(26(22)28)20-10-6-7-11-20/h12-15,18-20,27-28H,4-11H2,1-3H3. The van der Waals surface area contributed by atoms with E-state index < -0.39 is 0 Å². The van der Waals surface area contributed by atoms with Crippen LogP contribution in [0.3, 0.4) is 0 Å². The Bertz CT molecular complexity index is 784. The molecule has 2 saturated carbocycles. The van der Waals surface area contributed by atoms with Gasteiger partial charge in [-0.25, -0.2) is 0 Å². The van der Waals surface area contributed by atoms with Crippen molar-refractivity contribution in [1.29, 1.82) is 0 Å². The second-order valence-corrected chi connectivity index (χ2v) is 9.27. The normalized spacial score (nSPS) is 18.4. The van der Waals surface area contributed by atoms with Crippen LogP contribution < -0.4 is 0 Å². The Labute approximate surface area is 169 Å². The highest BCUT2D eigenvalue weighted by Crippen LogP contribution is 2.47. The molecule has 28 heavy (non-hydrogen) atoms. The molecule has 2 aliphatic carbocycles. The molecule has 2 aliphatic rings. The van der Waals surface area contributed by atoms with Crippen molar-refractivity contribution in [2.45, 2.75) is 89.9 Å². The van der Waals surface area contributed by atoms with Gasteiger partial charge in [0.05, 0.1) is 0 Å². The third-order valence-electron chi connectivity index (χ3n) is 7.15. The fourth-order valence-corrected chi connectivity index (χ4v) is 5.59. The third kappa shape index (κ3) is 3.54. The quantitative estimate of drug-likeness (QED) is 0.591. The van der Waals surface area contributed by atoms with Crippen molar-refractivity contribution >= 4 is 0 Å². The Balaban J connectivity index is 1.76. The molecule has 0 heterocycles. The van der Waals surface area contributed by atoms with Crippen LogP contribution in [0.4, 0.5) is 0 Å². The van der Waals surface area contributed by atoms with E-state index in [0.29, 0.717) is 23.3 Å². The number of rotatable bonds is 4. The van der Waals surface area contributed by atoms with Crippen molar-refractivity contribution in [1.82, 2.24) is 0 Å². The second-order valence-electron chi connectivity index (χ2n) is 9.27. The highest BCUT2D eigenvalue weighted by Gasteiger charge is 2.27. The number of aryl methyl sites for hydroxylation is 2. The first-order chi connectivity index (χ1) is 13.5. The minimum Gasteiger partial charge on any atom is -0.507 e. The lowest BCUT2D eigenvalue weighted by Crippen LogP contribution is -2.05. The van der Waals surface area contributed by atoms with Crippen molar-refractivity contribution in [3.8, 4) is 11.5 Å². The zero-order chi connectivity index (χ0) is 19.8. The summed E-state index contributed by atoms with van der Waals surface area (Å²) in [5.74, 6) is 1.83. The summed E-state index contributed by atoms with van der Waals surface area (Å²) < 4.78 is 0. The summed E-state index contributed by atoms with van der Waals surface area (Å²) in [5, 5.41) is 22.3. The molecule has 0 spiro atoms. The van der Waals surface area contributed by atoms with Crippen LogP contribution in [0, 0.1) is 13.8 Å². The molecule has 0 amide bonds. The topological polar surface area (TPSA) is 40.5 Å². The molecule has 2 aromatic rings. The molecule has 0 atom stereocenters. The van der Waals surface area contributed by atoms with Crippen LogP contribution in [0.25, 0.3) is 0 Å². The lowest BCUT2D eigenvalue weighted by molar-refractivity contribution is 0.442. The lowest BCUT2D eigenvalue weighted by Gasteiger charge is -2.23. The molecule has 0 bridgehead atoms. The summed E-state index contributed by atoms with van der Waals surface area (Å²) in [6.45, 7) is 6.36. The second kappa shape index (κ2) is 7.81. The van der Waals surface area contributed by atoms with Crippen molar-refractivity contribution < 1.29 is 10.2 Å². The van der Waals surface area contributed by atoms with Crippen LogP contribution in [-0.2, 0) is 0 Å². The van der Waals surface area contributed by atoms with Gasteiger partial charge >= 0.3 is 0 Å². The molecule has 0 saturated heterocycles. The predicted octanol–water partition coefficient (Wildman–Crippen LogP) is 7.18. The highest BCUT2D eigenvalue weighted by atomic mass is 16.3. The van der Waals surface area contributed by atoms with Crippen molar-refractivity contribution in [2.24, 2.45) is 0 Å². The maximum absolute atomic E-state index is 11.2. The zero-order valence-corrected chi connectivity index (χ0v) is 17.6. The molecule has 150 valence electrons. The number of phenolic OH excluding ortho intramolecular Hbond substituents is 2. The first kappa shape index (κ1) is 19.4. The van der Waals surface area contributed by atoms with Crippen molar-refractivity contribution in [3.63, 3.8) is 0 Å². The van der Waals surface area contributed by atoms with E-state index in [1.165, 1.54) is 62.5 Å². The van der Waals surface area contributed by atoms with Gasteiger partial charge in [-0.05, 0) is 62.5 Å². The first-order valence-electron chi connectivity index (χ1n) is 11.1. The van der Waals surface area contributed by atoms with Gasteiger partial charge in [-0.3, -0.25) is 0 Å². The molecule has 0 radical (unpaired) electrons. The molecule has 2 aromatic carbocycles. The lowest BCUT2D eigenvalue weighted by atomic mass is 9.83. The van der Waals surface area contributed by atoms with Gasteiger partial charge in [0.2, 0.25) is 0 Å². The van der Waals surface area contributed by atoms with Gasteiger partial charge in [-0.2, -0.15) is 0 Å². The van der Waals surface area contributed by atoms with E-state index in [-0.39, 0.29) is 5.92 Å². The van der Waals surface area contributed by atoms with Crippen LogP contribution in [0.15, 0.2) is 24.3 Å². The van der Waals surface area contributed by atoms with Crippen molar-refractivity contribution in [3.05, 3.63) is 57.6 Å². The molecular formula is C26H34O2. The summed E-state index contributed by atoms with van der Waals surface area (Å²) in [4.78, 5) is 0. The predicted molar refractivity (Wildman–Crippen MR) is 116 cm³/mol. The van der Waals surface area contributed by atoms with E-state index >= 15 is 0 Å². The average Bonchev–Trinajstić information content (AvgIpc) is 3.38. The minimum atomic E-state index is -0.0277. The fraction of sp³-hybridized carbons (Fsp3) is 0.538. The van der Waals surface area contributed by atoms with Gasteiger partial charge < -0.3 is 10.2 Å². The molecule has 2 nitrogen and oxygen atoms in total. The van der Waals surface area contributed by atoms with Gasteiger partial charge in [-0.15, -0.1) is 0 Å². The summed E-state index contributed by atoms with van der Waals surface area (Å²) >= 11 is 0. The summed E-state index contributed by atoms with van der Waals surface area (Å²) in [6, 6.07) is 8.55. The number of benzene rings is 2. The van der Waals surface area contributed by atoms with Gasteiger partial charge in [0.15, 0.2) is 0 Å². The maximum atomic E-state index is 11.2. The van der Waals surface area contributed by atoms with E-state index in [4.69, 9.17) is 0 Å². The summed E-state index contributed by atoms with van der Waals surface area (Å²) in [6.07, 6.45) is 9.72. The van der Waals surface area contributed by atoms with E-state index in [1.807, 2.05) is 0 Å². The monoisotopic (exact) mass is 378 g/mol. The molecule has 2 heteroatoms. The molecule has 0 aromatic heterocycles. The van der Waals surface area contributed by atoms with E-state index in [1.54, 1.807) is 0 Å². The molecular weight excluding hydrogens is 344 g/mol.